The zero-order valence-corrected chi connectivity index (χ0v) is 48.3. The fourth-order valence-corrected chi connectivity index (χ4v) is 12.6. The van der Waals surface area contributed by atoms with Crippen molar-refractivity contribution >= 4 is 56.6 Å². The number of ether oxygens (including phenoxy) is 2. The zero-order chi connectivity index (χ0) is 53.5. The topological polar surface area (TPSA) is 121 Å². The minimum absolute atomic E-state index is 0.0110. The van der Waals surface area contributed by atoms with Crippen LogP contribution >= 0.6 is 0 Å². The van der Waals surface area contributed by atoms with E-state index < -0.39 is 19.7 Å². The summed E-state index contributed by atoms with van der Waals surface area (Å²) in [5, 5.41) is 0. The molecule has 3 aromatic rings. The van der Waals surface area contributed by atoms with Crippen molar-refractivity contribution in [2.75, 3.05) is 24.7 Å². The van der Waals surface area contributed by atoms with Crippen LogP contribution in [0.4, 0.5) is 0 Å². The molecule has 0 bridgehead atoms. The number of hydrogen-bond acceptors (Lipinski definition) is 8. The molecule has 0 N–H and O–H groups in total. The molecule has 0 amide bonds. The molecule has 74 heavy (non-hydrogen) atoms. The third-order valence-electron chi connectivity index (χ3n) is 14.1. The third kappa shape index (κ3) is 26.2. The average Bonchev–Trinajstić information content (AvgIpc) is 3.40. The quantitative estimate of drug-likeness (QED) is 0.0312. The molecule has 8 nitrogen and oxygen atoms in total. The highest BCUT2D eigenvalue weighted by Gasteiger charge is 2.23. The van der Waals surface area contributed by atoms with Crippen LogP contribution in [-0.2, 0) is 19.7 Å². The number of carbonyl (C=O) groups excluding carboxylic acids is 2. The Morgan fingerprint density at radius 1 is 0.338 bits per heavy atom. The van der Waals surface area contributed by atoms with Gasteiger partial charge in [0.15, 0.2) is 32.2 Å². The lowest BCUT2D eigenvalue weighted by Crippen LogP contribution is -2.11. The van der Waals surface area contributed by atoms with Gasteiger partial charge in [-0.25, -0.2) is 16.8 Å². The van der Waals surface area contributed by atoms with E-state index in [0.29, 0.717) is 61.3 Å². The van der Waals surface area contributed by atoms with E-state index in [2.05, 4.69) is 27.7 Å². The lowest BCUT2D eigenvalue weighted by atomic mass is 10.1. The van der Waals surface area contributed by atoms with Crippen LogP contribution in [0.25, 0.3) is 24.3 Å². The maximum atomic E-state index is 14.0. The van der Waals surface area contributed by atoms with Gasteiger partial charge in [-0.2, -0.15) is 0 Å². The smallest absolute Gasteiger partial charge is 0.179 e. The molecule has 0 fully saturated rings. The minimum Gasteiger partial charge on any atom is -0.493 e. The van der Waals surface area contributed by atoms with Gasteiger partial charge in [0.2, 0.25) is 0 Å². The van der Waals surface area contributed by atoms with Crippen molar-refractivity contribution in [1.82, 2.24) is 0 Å². The van der Waals surface area contributed by atoms with Crippen molar-refractivity contribution in [3.63, 3.8) is 0 Å². The molecule has 0 unspecified atom stereocenters. The molecule has 0 saturated heterocycles. The molecule has 0 atom stereocenters. The highest BCUT2D eigenvalue weighted by molar-refractivity contribution is 7.91. The highest BCUT2D eigenvalue weighted by Crippen LogP contribution is 2.32. The summed E-state index contributed by atoms with van der Waals surface area (Å²) < 4.78 is 68.1. The zero-order valence-electron chi connectivity index (χ0n) is 46.6. The predicted molar refractivity (Wildman–Crippen MR) is 313 cm³/mol. The monoisotopic (exact) mass is 1060 g/mol. The molecule has 10 heteroatoms. The second-order valence-electron chi connectivity index (χ2n) is 20.7. The summed E-state index contributed by atoms with van der Waals surface area (Å²) in [5.41, 5.74) is 3.14. The van der Waals surface area contributed by atoms with Gasteiger partial charge in [-0.3, -0.25) is 9.59 Å². The molecule has 0 aliphatic rings. The van der Waals surface area contributed by atoms with Gasteiger partial charge in [-0.05, 0) is 66.6 Å². The van der Waals surface area contributed by atoms with E-state index in [-0.39, 0.29) is 32.4 Å². The van der Waals surface area contributed by atoms with Gasteiger partial charge in [0.05, 0.1) is 40.1 Å². The first kappa shape index (κ1) is 64.3. The maximum absolute atomic E-state index is 14.0. The van der Waals surface area contributed by atoms with Crippen LogP contribution in [0.15, 0.2) is 58.3 Å². The van der Waals surface area contributed by atoms with Crippen LogP contribution in [0.2, 0.25) is 0 Å². The fraction of sp³-hybridized carbons (Fsp3) is 0.625. The number of aldehydes is 2. The summed E-state index contributed by atoms with van der Waals surface area (Å²) in [4.78, 5) is 25.0. The summed E-state index contributed by atoms with van der Waals surface area (Å²) in [6, 6.07) is 14.2. The summed E-state index contributed by atoms with van der Waals surface area (Å²) >= 11 is 0. The maximum Gasteiger partial charge on any atom is 0.179 e. The molecule has 414 valence electrons. The molecule has 0 aliphatic heterocycles. The molecular formula is C64H98O8S2. The van der Waals surface area contributed by atoms with Crippen molar-refractivity contribution < 1.29 is 35.9 Å². The Morgan fingerprint density at radius 2 is 0.635 bits per heavy atom. The average molecular weight is 1060 g/mol. The van der Waals surface area contributed by atoms with E-state index in [1.807, 2.05) is 42.5 Å². The van der Waals surface area contributed by atoms with Crippen molar-refractivity contribution in [2.24, 2.45) is 0 Å². The van der Waals surface area contributed by atoms with Gasteiger partial charge in [-0.1, -0.05) is 256 Å². The molecule has 3 rings (SSSR count). The van der Waals surface area contributed by atoms with Crippen LogP contribution in [-0.4, -0.2) is 54.1 Å². The van der Waals surface area contributed by atoms with E-state index in [4.69, 9.17) is 9.47 Å². The van der Waals surface area contributed by atoms with Gasteiger partial charge in [0.1, 0.15) is 11.5 Å². The van der Waals surface area contributed by atoms with Crippen LogP contribution < -0.4 is 9.47 Å². The highest BCUT2D eigenvalue weighted by atomic mass is 32.2. The number of carbonyl (C=O) groups is 2. The minimum atomic E-state index is -3.74. The standard InChI is InChI=1S/C64H98O8S2/c1-5-9-13-17-21-25-29-33-45-71-61-50-60(54-66)64(74(69,70)48-36-32-28-24-20-16-12-8-4)51-57(61)43-41-55-37-39-56(40-38-55)42-44-58-49-62(72-46-34-30-26-22-18-14-10-6-2)59(53-65)52-63(58)73(67,68)47-35-31-27-23-19-15-11-7-3/h37-44,49-54H,5-36,45-48H2,1-4H3/b43-41+,44-42+. The van der Waals surface area contributed by atoms with Crippen LogP contribution in [0.5, 0.6) is 11.5 Å². The summed E-state index contributed by atoms with van der Waals surface area (Å²) in [6.07, 6.45) is 43.9. The first-order valence-electron chi connectivity index (χ1n) is 29.5. The lowest BCUT2D eigenvalue weighted by molar-refractivity contribution is 0.111. The molecular weight excluding hydrogens is 961 g/mol. The van der Waals surface area contributed by atoms with Gasteiger partial charge in [-0.15, -0.1) is 0 Å². The molecule has 3 aromatic carbocycles. The Morgan fingerprint density at radius 3 is 1.01 bits per heavy atom. The van der Waals surface area contributed by atoms with Crippen molar-refractivity contribution in [1.29, 1.82) is 0 Å². The number of benzene rings is 3. The Balaban J connectivity index is 1.86. The number of rotatable bonds is 46. The largest absolute Gasteiger partial charge is 0.493 e. The van der Waals surface area contributed by atoms with E-state index in [1.165, 1.54) is 122 Å². The van der Waals surface area contributed by atoms with E-state index in [0.717, 1.165) is 88.2 Å². The fourth-order valence-electron chi connectivity index (χ4n) is 9.41. The third-order valence-corrected chi connectivity index (χ3v) is 17.8. The van der Waals surface area contributed by atoms with E-state index in [1.54, 1.807) is 24.3 Å². The van der Waals surface area contributed by atoms with Crippen molar-refractivity contribution in [3.8, 4) is 11.5 Å². The first-order chi connectivity index (χ1) is 36.0. The Labute approximate surface area is 451 Å². The van der Waals surface area contributed by atoms with Crippen molar-refractivity contribution in [2.45, 2.75) is 243 Å². The second kappa shape index (κ2) is 39.4. The Bertz CT molecular complexity index is 2280. The summed E-state index contributed by atoms with van der Waals surface area (Å²) in [6.45, 7) is 9.75. The van der Waals surface area contributed by atoms with Crippen LogP contribution in [0.1, 0.15) is 276 Å². The van der Waals surface area contributed by atoms with Crippen LogP contribution in [0.3, 0.4) is 0 Å². The SMILES string of the molecule is CCCCCCCCCCOc1cc(/C=C/c2ccc(/C=C/c3cc(S(=O)(=O)CCCCCCCCCC)c(C=O)cc3OCCCCCCCCCC)cc2)c(S(=O)(=O)CCCCCCCCCC)cc1C=O. The summed E-state index contributed by atoms with van der Waals surface area (Å²) in [5.74, 6) is 0.866. The molecule has 0 heterocycles. The Kier molecular flexibility index (Phi) is 34.2. The molecule has 0 aliphatic carbocycles. The van der Waals surface area contributed by atoms with Gasteiger partial charge >= 0.3 is 0 Å². The van der Waals surface area contributed by atoms with E-state index in [9.17, 15) is 26.4 Å². The summed E-state index contributed by atoms with van der Waals surface area (Å²) in [7, 11) is -7.45. The first-order valence-corrected chi connectivity index (χ1v) is 32.8. The molecule has 0 spiro atoms. The lowest BCUT2D eigenvalue weighted by Gasteiger charge is -2.14. The number of hydrogen-bond donors (Lipinski definition) is 0. The van der Waals surface area contributed by atoms with Crippen LogP contribution in [0, 0.1) is 0 Å². The van der Waals surface area contributed by atoms with Gasteiger partial charge in [0.25, 0.3) is 0 Å². The normalized spacial score (nSPS) is 12.1. The predicted octanol–water partition coefficient (Wildman–Crippen LogP) is 18.5. The second-order valence-corrected chi connectivity index (χ2v) is 24.8. The number of sulfone groups is 2. The number of unbranched alkanes of at least 4 members (excludes halogenated alkanes) is 28. The van der Waals surface area contributed by atoms with Gasteiger partial charge < -0.3 is 9.47 Å². The van der Waals surface area contributed by atoms with E-state index >= 15 is 0 Å². The van der Waals surface area contributed by atoms with Crippen molar-refractivity contribution in [3.05, 3.63) is 81.9 Å². The molecule has 0 aromatic heterocycles. The Hall–Kier alpha value is -4.02. The molecule has 0 saturated carbocycles. The molecule has 0 radical (unpaired) electrons. The van der Waals surface area contributed by atoms with Gasteiger partial charge in [0, 0.05) is 11.1 Å².